The van der Waals surface area contributed by atoms with Gasteiger partial charge >= 0.3 is 6.09 Å². The number of unbranched alkanes of at least 4 members (excludes halogenated alkanes) is 4. The molecular weight excluding hydrogens is 466 g/mol. The van der Waals surface area contributed by atoms with Crippen LogP contribution < -0.4 is 10.6 Å². The van der Waals surface area contributed by atoms with Crippen molar-refractivity contribution in [3.05, 3.63) is 29.8 Å². The molecule has 3 N–H and O–H groups in total. The van der Waals surface area contributed by atoms with Crippen molar-refractivity contribution < 1.29 is 24.2 Å². The second-order valence-electron chi connectivity index (χ2n) is 9.61. The third-order valence-electron chi connectivity index (χ3n) is 5.31. The van der Waals surface area contributed by atoms with Gasteiger partial charge in [0, 0.05) is 18.8 Å². The zero-order valence-corrected chi connectivity index (χ0v) is 22.7. The summed E-state index contributed by atoms with van der Waals surface area (Å²) >= 11 is 4.30. The quantitative estimate of drug-likeness (QED) is 0.217. The van der Waals surface area contributed by atoms with Gasteiger partial charge in [0.15, 0.2) is 0 Å². The number of phenolic OH excluding ortho intramolecular Hbond substituents is 1. The van der Waals surface area contributed by atoms with Crippen LogP contribution in [0.25, 0.3) is 0 Å². The van der Waals surface area contributed by atoms with Crippen molar-refractivity contribution in [3.8, 4) is 5.75 Å². The van der Waals surface area contributed by atoms with Gasteiger partial charge in [-0.2, -0.15) is 12.6 Å². The van der Waals surface area contributed by atoms with Crippen LogP contribution >= 0.6 is 12.6 Å². The Morgan fingerprint density at radius 2 is 1.66 bits per heavy atom. The third-order valence-corrected chi connectivity index (χ3v) is 5.67. The molecule has 3 amide bonds. The molecule has 2 atom stereocenters. The van der Waals surface area contributed by atoms with Gasteiger partial charge in [-0.25, -0.2) is 4.79 Å². The maximum Gasteiger partial charge on any atom is 0.408 e. The molecule has 1 aromatic rings. The maximum absolute atomic E-state index is 13.7. The van der Waals surface area contributed by atoms with Crippen LogP contribution in [0.1, 0.15) is 84.7 Å². The van der Waals surface area contributed by atoms with Gasteiger partial charge in [-0.1, -0.05) is 51.7 Å². The molecule has 8 nitrogen and oxygen atoms in total. The highest BCUT2D eigenvalue weighted by atomic mass is 32.1. The van der Waals surface area contributed by atoms with Crippen molar-refractivity contribution in [2.45, 2.75) is 90.8 Å². The highest BCUT2D eigenvalue weighted by Crippen LogP contribution is 2.25. The van der Waals surface area contributed by atoms with Crippen LogP contribution in [0.5, 0.6) is 5.75 Å². The Hall–Kier alpha value is -2.42. The molecule has 0 aromatic heterocycles. The van der Waals surface area contributed by atoms with Gasteiger partial charge < -0.3 is 25.4 Å². The number of carbonyl (C=O) groups excluding carboxylic acids is 3. The molecule has 0 aliphatic heterocycles. The summed E-state index contributed by atoms with van der Waals surface area (Å²) in [6, 6.07) is 4.39. The van der Waals surface area contributed by atoms with Gasteiger partial charge in [0.2, 0.25) is 11.8 Å². The fraction of sp³-hybridized carbons (Fsp3) is 0.654. The van der Waals surface area contributed by atoms with Crippen LogP contribution in [-0.4, -0.2) is 58.4 Å². The second-order valence-corrected chi connectivity index (χ2v) is 9.98. The van der Waals surface area contributed by atoms with Crippen LogP contribution in [-0.2, 0) is 14.3 Å². The van der Waals surface area contributed by atoms with E-state index >= 15 is 0 Å². The maximum atomic E-state index is 13.7. The van der Waals surface area contributed by atoms with Crippen molar-refractivity contribution in [2.24, 2.45) is 0 Å². The van der Waals surface area contributed by atoms with Gasteiger partial charge in [-0.05, 0) is 51.3 Å². The number of hydrogen-bond acceptors (Lipinski definition) is 6. The zero-order chi connectivity index (χ0) is 26.4. The van der Waals surface area contributed by atoms with E-state index in [4.69, 9.17) is 4.74 Å². The van der Waals surface area contributed by atoms with Gasteiger partial charge in [0.05, 0.1) is 0 Å². The molecule has 1 aromatic carbocycles. The highest BCUT2D eigenvalue weighted by molar-refractivity contribution is 7.80. The zero-order valence-electron chi connectivity index (χ0n) is 21.8. The number of nitrogens with one attached hydrogen (secondary N) is 2. The fourth-order valence-electron chi connectivity index (χ4n) is 3.53. The molecule has 0 spiro atoms. The molecule has 0 radical (unpaired) electrons. The summed E-state index contributed by atoms with van der Waals surface area (Å²) in [5.41, 5.74) is -0.141. The topological polar surface area (TPSA) is 108 Å². The number of rotatable bonds is 14. The summed E-state index contributed by atoms with van der Waals surface area (Å²) in [4.78, 5) is 41.0. The predicted molar refractivity (Wildman–Crippen MR) is 142 cm³/mol. The monoisotopic (exact) mass is 509 g/mol. The van der Waals surface area contributed by atoms with Crippen molar-refractivity contribution in [1.82, 2.24) is 15.5 Å². The van der Waals surface area contributed by atoms with Crippen molar-refractivity contribution in [1.29, 1.82) is 0 Å². The molecule has 0 heterocycles. The van der Waals surface area contributed by atoms with E-state index in [1.807, 2.05) is 6.92 Å². The number of benzene rings is 1. The van der Waals surface area contributed by atoms with E-state index in [0.717, 1.165) is 32.1 Å². The number of ether oxygens (including phenoxy) is 1. The van der Waals surface area contributed by atoms with E-state index in [1.54, 1.807) is 32.9 Å². The second kappa shape index (κ2) is 15.5. The Labute approximate surface area is 215 Å². The van der Waals surface area contributed by atoms with E-state index in [2.05, 4.69) is 30.2 Å². The highest BCUT2D eigenvalue weighted by Gasteiger charge is 2.35. The molecule has 2 unspecified atom stereocenters. The molecule has 0 saturated heterocycles. The Kier molecular flexibility index (Phi) is 13.6. The lowest BCUT2D eigenvalue weighted by atomic mass is 10.0. The summed E-state index contributed by atoms with van der Waals surface area (Å²) in [6.07, 6.45) is 4.69. The van der Waals surface area contributed by atoms with Crippen LogP contribution in [0.3, 0.4) is 0 Å². The number of nitrogens with zero attached hydrogens (tertiary/aromatic N) is 1. The van der Waals surface area contributed by atoms with Gasteiger partial charge in [0.25, 0.3) is 0 Å². The average Bonchev–Trinajstić information content (AvgIpc) is 2.79. The molecule has 1 rings (SSSR count). The molecule has 35 heavy (non-hydrogen) atoms. The summed E-state index contributed by atoms with van der Waals surface area (Å²) in [7, 11) is 0. The first-order chi connectivity index (χ1) is 16.5. The number of aromatic hydroxyl groups is 1. The fourth-order valence-corrected chi connectivity index (χ4v) is 3.77. The average molecular weight is 510 g/mol. The minimum absolute atomic E-state index is 0.0449. The van der Waals surface area contributed by atoms with Crippen LogP contribution in [0.2, 0.25) is 0 Å². The molecule has 9 heteroatoms. The predicted octanol–water partition coefficient (Wildman–Crippen LogP) is 4.58. The van der Waals surface area contributed by atoms with Gasteiger partial charge in [-0.15, -0.1) is 0 Å². The number of amides is 3. The molecular formula is C26H43N3O5S. The molecule has 0 aliphatic rings. The Balaban J connectivity index is 3.30. The molecule has 0 aliphatic carbocycles. The Bertz CT molecular complexity index is 795. The summed E-state index contributed by atoms with van der Waals surface area (Å²) < 4.78 is 5.32. The first-order valence-corrected chi connectivity index (χ1v) is 13.1. The van der Waals surface area contributed by atoms with Crippen LogP contribution in [0.4, 0.5) is 4.79 Å². The van der Waals surface area contributed by atoms with Crippen molar-refractivity contribution in [2.75, 3.05) is 18.8 Å². The SMILES string of the molecule is CCCCCCN(C(=O)C(CS)NC(=O)OC(C)(C)C)C(C(=O)NCCCC)c1ccc(O)cc1. The van der Waals surface area contributed by atoms with Crippen LogP contribution in [0, 0.1) is 0 Å². The molecule has 0 bridgehead atoms. The summed E-state index contributed by atoms with van der Waals surface area (Å²) in [6.45, 7) is 10.2. The van der Waals surface area contributed by atoms with E-state index in [1.165, 1.54) is 17.0 Å². The lowest BCUT2D eigenvalue weighted by Crippen LogP contribution is -2.54. The lowest BCUT2D eigenvalue weighted by molar-refractivity contribution is -0.142. The van der Waals surface area contributed by atoms with E-state index < -0.39 is 29.7 Å². The van der Waals surface area contributed by atoms with Crippen LogP contribution in [0.15, 0.2) is 24.3 Å². The third kappa shape index (κ3) is 11.2. The smallest absolute Gasteiger partial charge is 0.408 e. The van der Waals surface area contributed by atoms with E-state index in [0.29, 0.717) is 25.1 Å². The van der Waals surface area contributed by atoms with Gasteiger partial charge in [0.1, 0.15) is 23.4 Å². The largest absolute Gasteiger partial charge is 0.508 e. The first-order valence-electron chi connectivity index (χ1n) is 12.5. The first kappa shape index (κ1) is 30.6. The molecule has 0 fully saturated rings. The Morgan fingerprint density at radius 3 is 2.20 bits per heavy atom. The number of thiol groups is 1. The lowest BCUT2D eigenvalue weighted by Gasteiger charge is -2.34. The van der Waals surface area contributed by atoms with E-state index in [-0.39, 0.29) is 17.4 Å². The standard InChI is InChI=1S/C26H43N3O5S/c1-6-8-10-11-17-29(24(32)21(18-35)28-25(33)34-26(3,4)5)22(23(31)27-16-9-7-2)19-12-14-20(30)15-13-19/h12-15,21-22,30,35H,6-11,16-18H2,1-5H3,(H,27,31)(H,28,33). The number of alkyl carbamates (subject to hydrolysis) is 1. The summed E-state index contributed by atoms with van der Waals surface area (Å²) in [5.74, 6) is -0.600. The van der Waals surface area contributed by atoms with Crippen molar-refractivity contribution in [3.63, 3.8) is 0 Å². The number of carbonyl (C=O) groups is 3. The van der Waals surface area contributed by atoms with Crippen molar-refractivity contribution >= 4 is 30.5 Å². The van der Waals surface area contributed by atoms with Gasteiger partial charge in [-0.3, -0.25) is 9.59 Å². The molecule has 198 valence electrons. The Morgan fingerprint density at radius 1 is 1.03 bits per heavy atom. The molecule has 0 saturated carbocycles. The number of phenols is 1. The minimum Gasteiger partial charge on any atom is -0.508 e. The normalized spacial score (nSPS) is 13.0. The van der Waals surface area contributed by atoms with E-state index in [9.17, 15) is 19.5 Å². The summed E-state index contributed by atoms with van der Waals surface area (Å²) in [5, 5.41) is 15.3. The number of hydrogen-bond donors (Lipinski definition) is 4. The minimum atomic E-state index is -0.970.